The molecule has 0 atom stereocenters. The zero-order valence-corrected chi connectivity index (χ0v) is 15.6. The molecule has 1 heterocycles. The monoisotopic (exact) mass is 367 g/mol. The lowest BCUT2D eigenvalue weighted by molar-refractivity contribution is 0.0845. The number of hydrogen-bond acceptors (Lipinski definition) is 3. The summed E-state index contributed by atoms with van der Waals surface area (Å²) in [5, 5.41) is 1.87. The molecule has 0 fully saturated rings. The molecule has 1 aliphatic rings. The number of fused-ring (bicyclic) bond motifs is 2. The van der Waals surface area contributed by atoms with Gasteiger partial charge in [-0.05, 0) is 61.9 Å². The Hall–Kier alpha value is -2.53. The summed E-state index contributed by atoms with van der Waals surface area (Å²) in [5.41, 5.74) is 1.30. The van der Waals surface area contributed by atoms with Gasteiger partial charge in [0.15, 0.2) is 0 Å². The van der Waals surface area contributed by atoms with Gasteiger partial charge in [-0.25, -0.2) is 8.42 Å². The fourth-order valence-corrected chi connectivity index (χ4v) is 4.45. The molecule has 0 amide bonds. The molecule has 0 saturated carbocycles. The summed E-state index contributed by atoms with van der Waals surface area (Å²) in [7, 11) is -3.67. The first-order valence-corrected chi connectivity index (χ1v) is 10.1. The van der Waals surface area contributed by atoms with Crippen molar-refractivity contribution < 1.29 is 13.2 Å². The maximum Gasteiger partial charge on any atom is 0.261 e. The minimum Gasteiger partial charge on any atom is -0.488 e. The Morgan fingerprint density at radius 1 is 1.00 bits per heavy atom. The van der Waals surface area contributed by atoms with Crippen molar-refractivity contribution in [3.05, 3.63) is 66.2 Å². The molecule has 0 bridgehead atoms. The number of ether oxygens (including phenoxy) is 1. The second kappa shape index (κ2) is 6.02. The van der Waals surface area contributed by atoms with E-state index in [1.807, 2.05) is 50.2 Å². The van der Waals surface area contributed by atoms with Gasteiger partial charge in [0.25, 0.3) is 10.0 Å². The molecular formula is C21H21NO3S. The number of nitrogens with one attached hydrogen (secondary N) is 1. The van der Waals surface area contributed by atoms with E-state index in [1.165, 1.54) is 0 Å². The summed E-state index contributed by atoms with van der Waals surface area (Å²) < 4.78 is 34.5. The van der Waals surface area contributed by atoms with Crippen molar-refractivity contribution >= 4 is 26.5 Å². The maximum atomic E-state index is 12.9. The van der Waals surface area contributed by atoms with E-state index in [0.29, 0.717) is 5.69 Å². The molecule has 134 valence electrons. The molecule has 1 N–H and O–H groups in total. The lowest BCUT2D eigenvalue weighted by atomic mass is 9.94. The van der Waals surface area contributed by atoms with Crippen molar-refractivity contribution in [1.29, 1.82) is 0 Å². The molecule has 0 aromatic heterocycles. The van der Waals surface area contributed by atoms with Crippen molar-refractivity contribution in [3.8, 4) is 5.75 Å². The molecule has 0 aliphatic carbocycles. The molecule has 4 nitrogen and oxygen atoms in total. The Bertz CT molecular complexity index is 1080. The normalized spacial score (nSPS) is 15.9. The smallest absolute Gasteiger partial charge is 0.261 e. The van der Waals surface area contributed by atoms with Gasteiger partial charge in [0.1, 0.15) is 11.4 Å². The number of anilines is 1. The molecule has 5 heteroatoms. The predicted molar refractivity (Wildman–Crippen MR) is 104 cm³/mol. The fraction of sp³-hybridized carbons (Fsp3) is 0.238. The zero-order valence-electron chi connectivity index (χ0n) is 14.8. The SMILES string of the molecule is CC1(C)CCc2cc(S(=O)(=O)Nc3cccc4ccccc34)ccc2O1. The van der Waals surface area contributed by atoms with Crippen LogP contribution in [-0.2, 0) is 16.4 Å². The van der Waals surface area contributed by atoms with Crippen molar-refractivity contribution in [3.63, 3.8) is 0 Å². The van der Waals surface area contributed by atoms with Crippen molar-refractivity contribution in [2.45, 2.75) is 37.2 Å². The third-order valence-electron chi connectivity index (χ3n) is 4.76. The average molecular weight is 367 g/mol. The van der Waals surface area contributed by atoms with E-state index in [2.05, 4.69) is 4.72 Å². The van der Waals surface area contributed by atoms with Gasteiger partial charge in [0.2, 0.25) is 0 Å². The summed E-state index contributed by atoms with van der Waals surface area (Å²) in [6.07, 6.45) is 1.67. The molecular weight excluding hydrogens is 346 g/mol. The van der Waals surface area contributed by atoms with Gasteiger partial charge in [-0.3, -0.25) is 4.72 Å². The Balaban J connectivity index is 1.69. The molecule has 3 aromatic carbocycles. The van der Waals surface area contributed by atoms with Gasteiger partial charge in [0, 0.05) is 5.39 Å². The van der Waals surface area contributed by atoms with Crippen LogP contribution in [0, 0.1) is 0 Å². The van der Waals surface area contributed by atoms with Crippen LogP contribution >= 0.6 is 0 Å². The van der Waals surface area contributed by atoms with Crippen LogP contribution in [-0.4, -0.2) is 14.0 Å². The Labute approximate surface area is 153 Å². The largest absolute Gasteiger partial charge is 0.488 e. The minimum absolute atomic E-state index is 0.214. The van der Waals surface area contributed by atoms with E-state index < -0.39 is 10.0 Å². The Morgan fingerprint density at radius 2 is 1.77 bits per heavy atom. The zero-order chi connectivity index (χ0) is 18.4. The highest BCUT2D eigenvalue weighted by molar-refractivity contribution is 7.92. The lowest BCUT2D eigenvalue weighted by Crippen LogP contribution is -2.32. The highest BCUT2D eigenvalue weighted by atomic mass is 32.2. The predicted octanol–water partition coefficient (Wildman–Crippen LogP) is 4.74. The van der Waals surface area contributed by atoms with Crippen LogP contribution in [0.3, 0.4) is 0 Å². The molecule has 4 rings (SSSR count). The van der Waals surface area contributed by atoms with E-state index in [0.717, 1.165) is 34.9 Å². The molecule has 0 spiro atoms. The highest BCUT2D eigenvalue weighted by Crippen LogP contribution is 2.35. The summed E-state index contributed by atoms with van der Waals surface area (Å²) in [6.45, 7) is 4.09. The molecule has 3 aromatic rings. The third-order valence-corrected chi connectivity index (χ3v) is 6.12. The summed E-state index contributed by atoms with van der Waals surface area (Å²) in [6, 6.07) is 18.4. The molecule has 26 heavy (non-hydrogen) atoms. The van der Waals surface area contributed by atoms with E-state index in [-0.39, 0.29) is 10.5 Å². The van der Waals surface area contributed by atoms with Gasteiger partial charge in [-0.1, -0.05) is 36.4 Å². The quantitative estimate of drug-likeness (QED) is 0.727. The first kappa shape index (κ1) is 16.9. The molecule has 0 saturated heterocycles. The molecule has 1 aliphatic heterocycles. The van der Waals surface area contributed by atoms with Crippen molar-refractivity contribution in [2.75, 3.05) is 4.72 Å². The first-order valence-electron chi connectivity index (χ1n) is 8.67. The standard InChI is InChI=1S/C21H21NO3S/c1-21(2)13-12-16-14-17(10-11-20(16)25-21)26(23,24)22-19-9-5-7-15-6-3-4-8-18(15)19/h3-11,14,22H,12-13H2,1-2H3. The molecule has 0 unspecified atom stereocenters. The van der Waals surface area contributed by atoms with E-state index >= 15 is 0 Å². The van der Waals surface area contributed by atoms with Crippen LogP contribution in [0.2, 0.25) is 0 Å². The summed E-state index contributed by atoms with van der Waals surface area (Å²) >= 11 is 0. The fourth-order valence-electron chi connectivity index (χ4n) is 3.32. The number of aryl methyl sites for hydroxylation is 1. The highest BCUT2D eigenvalue weighted by Gasteiger charge is 2.27. The van der Waals surface area contributed by atoms with Gasteiger partial charge >= 0.3 is 0 Å². The second-order valence-corrected chi connectivity index (χ2v) is 8.95. The molecule has 0 radical (unpaired) electrons. The van der Waals surface area contributed by atoms with Crippen molar-refractivity contribution in [1.82, 2.24) is 0 Å². The van der Waals surface area contributed by atoms with Crippen molar-refractivity contribution in [2.24, 2.45) is 0 Å². The lowest BCUT2D eigenvalue weighted by Gasteiger charge is -2.32. The van der Waals surface area contributed by atoms with Crippen LogP contribution in [0.4, 0.5) is 5.69 Å². The summed E-state index contributed by atoms with van der Waals surface area (Å²) in [5.74, 6) is 0.769. The Kier molecular flexibility index (Phi) is 3.92. The van der Waals surface area contributed by atoms with E-state index in [9.17, 15) is 8.42 Å². The average Bonchev–Trinajstić information content (AvgIpc) is 2.60. The maximum absolute atomic E-state index is 12.9. The van der Waals surface area contributed by atoms with Crippen LogP contribution < -0.4 is 9.46 Å². The number of sulfonamides is 1. The van der Waals surface area contributed by atoms with Gasteiger partial charge in [0.05, 0.1) is 10.6 Å². The van der Waals surface area contributed by atoms with Gasteiger partial charge in [-0.2, -0.15) is 0 Å². The topological polar surface area (TPSA) is 55.4 Å². The van der Waals surface area contributed by atoms with Crippen LogP contribution in [0.25, 0.3) is 10.8 Å². The summed E-state index contributed by atoms with van der Waals surface area (Å²) in [4.78, 5) is 0.257. The number of hydrogen-bond donors (Lipinski definition) is 1. The minimum atomic E-state index is -3.67. The van der Waals surface area contributed by atoms with Gasteiger partial charge < -0.3 is 4.74 Å². The van der Waals surface area contributed by atoms with Gasteiger partial charge in [-0.15, -0.1) is 0 Å². The number of rotatable bonds is 3. The van der Waals surface area contributed by atoms with Crippen LogP contribution in [0.15, 0.2) is 65.6 Å². The Morgan fingerprint density at radius 3 is 2.62 bits per heavy atom. The second-order valence-electron chi connectivity index (χ2n) is 7.26. The van der Waals surface area contributed by atoms with E-state index in [4.69, 9.17) is 4.74 Å². The van der Waals surface area contributed by atoms with Crippen LogP contribution in [0.5, 0.6) is 5.75 Å². The number of benzene rings is 3. The van der Waals surface area contributed by atoms with E-state index in [1.54, 1.807) is 24.3 Å². The third kappa shape index (κ3) is 3.15. The van der Waals surface area contributed by atoms with Crippen LogP contribution in [0.1, 0.15) is 25.8 Å². The first-order chi connectivity index (χ1) is 12.3.